The molecule has 1 heterocycles. The Balaban J connectivity index is 2.08. The van der Waals surface area contributed by atoms with Gasteiger partial charge in [-0.2, -0.15) is 4.31 Å². The molecule has 6 nitrogen and oxygen atoms in total. The van der Waals surface area contributed by atoms with Crippen molar-refractivity contribution >= 4 is 15.9 Å². The molecule has 2 rings (SSSR count). The van der Waals surface area contributed by atoms with Gasteiger partial charge in [0.15, 0.2) is 0 Å². The SMILES string of the molecule is C=CC(=O)NCC1COCCN1S(=O)(=O)Cc1ccccc1. The summed E-state index contributed by atoms with van der Waals surface area (Å²) in [6, 6.07) is 8.64. The summed E-state index contributed by atoms with van der Waals surface area (Å²) < 4.78 is 32.0. The highest BCUT2D eigenvalue weighted by Gasteiger charge is 2.32. The topological polar surface area (TPSA) is 75.7 Å². The quantitative estimate of drug-likeness (QED) is 0.774. The number of hydrogen-bond acceptors (Lipinski definition) is 4. The molecule has 1 amide bonds. The maximum atomic E-state index is 12.6. The van der Waals surface area contributed by atoms with E-state index in [-0.39, 0.29) is 24.8 Å². The van der Waals surface area contributed by atoms with E-state index in [4.69, 9.17) is 4.74 Å². The molecular weight excluding hydrogens is 304 g/mol. The molecule has 22 heavy (non-hydrogen) atoms. The maximum absolute atomic E-state index is 12.6. The van der Waals surface area contributed by atoms with E-state index in [0.29, 0.717) is 13.2 Å². The zero-order valence-corrected chi connectivity index (χ0v) is 13.1. The van der Waals surface area contributed by atoms with Crippen LogP contribution in [0.3, 0.4) is 0 Å². The fourth-order valence-corrected chi connectivity index (χ4v) is 4.05. The van der Waals surface area contributed by atoms with Crippen molar-refractivity contribution in [3.8, 4) is 0 Å². The van der Waals surface area contributed by atoms with Gasteiger partial charge in [-0.25, -0.2) is 8.42 Å². The standard InChI is InChI=1S/C15H20N2O4S/c1-2-15(18)16-10-14-11-21-9-8-17(14)22(19,20)12-13-6-4-3-5-7-13/h2-7,14H,1,8-12H2,(H,16,18). The van der Waals surface area contributed by atoms with Crippen molar-refractivity contribution in [2.45, 2.75) is 11.8 Å². The van der Waals surface area contributed by atoms with Gasteiger partial charge in [0.05, 0.1) is 25.0 Å². The highest BCUT2D eigenvalue weighted by Crippen LogP contribution is 2.16. The van der Waals surface area contributed by atoms with Gasteiger partial charge in [0.2, 0.25) is 15.9 Å². The normalized spacial score (nSPS) is 19.5. The molecule has 1 unspecified atom stereocenters. The number of sulfonamides is 1. The first-order valence-corrected chi connectivity index (χ1v) is 8.65. The summed E-state index contributed by atoms with van der Waals surface area (Å²) in [7, 11) is -3.46. The number of ether oxygens (including phenoxy) is 1. The van der Waals surface area contributed by atoms with Crippen molar-refractivity contribution in [3.05, 3.63) is 48.6 Å². The predicted molar refractivity (Wildman–Crippen MR) is 83.6 cm³/mol. The van der Waals surface area contributed by atoms with Gasteiger partial charge in [-0.15, -0.1) is 0 Å². The van der Waals surface area contributed by atoms with Crippen LogP contribution < -0.4 is 5.32 Å². The van der Waals surface area contributed by atoms with E-state index in [9.17, 15) is 13.2 Å². The highest BCUT2D eigenvalue weighted by atomic mass is 32.2. The first-order chi connectivity index (χ1) is 10.5. The average Bonchev–Trinajstić information content (AvgIpc) is 2.53. The lowest BCUT2D eigenvalue weighted by Gasteiger charge is -2.34. The number of carbonyl (C=O) groups is 1. The summed E-state index contributed by atoms with van der Waals surface area (Å²) in [5, 5.41) is 2.62. The van der Waals surface area contributed by atoms with E-state index in [1.165, 1.54) is 4.31 Å². The van der Waals surface area contributed by atoms with E-state index in [1.54, 1.807) is 12.1 Å². The Bertz CT molecular complexity index is 616. The second-order valence-electron chi connectivity index (χ2n) is 5.03. The van der Waals surface area contributed by atoms with Crippen molar-refractivity contribution < 1.29 is 17.9 Å². The van der Waals surface area contributed by atoms with Crippen LogP contribution in [0, 0.1) is 0 Å². The van der Waals surface area contributed by atoms with E-state index in [2.05, 4.69) is 11.9 Å². The molecule has 1 aliphatic heterocycles. The molecule has 1 aliphatic rings. The Morgan fingerprint density at radius 1 is 1.41 bits per heavy atom. The molecule has 120 valence electrons. The Morgan fingerprint density at radius 3 is 2.82 bits per heavy atom. The summed E-state index contributed by atoms with van der Waals surface area (Å²) >= 11 is 0. The number of nitrogens with zero attached hydrogens (tertiary/aromatic N) is 1. The van der Waals surface area contributed by atoms with Crippen molar-refractivity contribution in [1.29, 1.82) is 0 Å². The molecular formula is C15H20N2O4S. The molecule has 1 saturated heterocycles. The second-order valence-corrected chi connectivity index (χ2v) is 6.95. The number of nitrogens with one attached hydrogen (secondary N) is 1. The van der Waals surface area contributed by atoms with Crippen molar-refractivity contribution in [2.24, 2.45) is 0 Å². The third kappa shape index (κ3) is 4.40. The minimum atomic E-state index is -3.46. The minimum Gasteiger partial charge on any atom is -0.378 e. The summed E-state index contributed by atoms with van der Waals surface area (Å²) in [5.74, 6) is -0.384. The molecule has 1 atom stereocenters. The van der Waals surface area contributed by atoms with Crippen molar-refractivity contribution in [3.63, 3.8) is 0 Å². The maximum Gasteiger partial charge on any atom is 0.243 e. The molecule has 7 heteroatoms. The van der Waals surface area contributed by atoms with Crippen LogP contribution in [-0.4, -0.2) is 51.0 Å². The Kier molecular flexibility index (Phi) is 5.70. The third-order valence-electron chi connectivity index (χ3n) is 3.42. The third-order valence-corrected chi connectivity index (χ3v) is 5.31. The summed E-state index contributed by atoms with van der Waals surface area (Å²) in [6.07, 6.45) is 1.16. The number of carbonyl (C=O) groups excluding carboxylic acids is 1. The lowest BCUT2D eigenvalue weighted by atomic mass is 10.2. The number of amides is 1. The van der Waals surface area contributed by atoms with E-state index in [1.807, 2.05) is 18.2 Å². The van der Waals surface area contributed by atoms with Gasteiger partial charge in [0.1, 0.15) is 0 Å². The lowest BCUT2D eigenvalue weighted by molar-refractivity contribution is -0.116. The van der Waals surface area contributed by atoms with Gasteiger partial charge in [-0.05, 0) is 11.6 Å². The van der Waals surface area contributed by atoms with E-state index in [0.717, 1.165) is 11.6 Å². The van der Waals surface area contributed by atoms with Gasteiger partial charge < -0.3 is 10.1 Å². The first-order valence-electron chi connectivity index (χ1n) is 7.04. The van der Waals surface area contributed by atoms with Gasteiger partial charge >= 0.3 is 0 Å². The van der Waals surface area contributed by atoms with Crippen LogP contribution in [-0.2, 0) is 25.3 Å². The molecule has 1 fully saturated rings. The second kappa shape index (κ2) is 7.53. The number of morpholine rings is 1. The van der Waals surface area contributed by atoms with E-state index >= 15 is 0 Å². The molecule has 0 radical (unpaired) electrons. The molecule has 0 saturated carbocycles. The Labute approximate surface area is 130 Å². The van der Waals surface area contributed by atoms with Crippen LogP contribution in [0.5, 0.6) is 0 Å². The Hall–Kier alpha value is -1.70. The molecule has 0 bridgehead atoms. The van der Waals surface area contributed by atoms with Gasteiger partial charge in [0, 0.05) is 13.1 Å². The fraction of sp³-hybridized carbons (Fsp3) is 0.400. The molecule has 1 aromatic carbocycles. The molecule has 1 aromatic rings. The smallest absolute Gasteiger partial charge is 0.243 e. The molecule has 0 aromatic heterocycles. The van der Waals surface area contributed by atoms with Crippen molar-refractivity contribution in [1.82, 2.24) is 9.62 Å². The number of benzene rings is 1. The minimum absolute atomic E-state index is 0.0558. The number of hydrogen-bond donors (Lipinski definition) is 1. The van der Waals surface area contributed by atoms with Crippen LogP contribution in [0.1, 0.15) is 5.56 Å². The molecule has 0 spiro atoms. The van der Waals surface area contributed by atoms with E-state index < -0.39 is 16.1 Å². The van der Waals surface area contributed by atoms with Gasteiger partial charge in [0.25, 0.3) is 0 Å². The lowest BCUT2D eigenvalue weighted by Crippen LogP contribution is -2.53. The zero-order chi connectivity index (χ0) is 16.0. The van der Waals surface area contributed by atoms with Crippen LogP contribution in [0.2, 0.25) is 0 Å². The molecule has 0 aliphatic carbocycles. The van der Waals surface area contributed by atoms with Crippen LogP contribution >= 0.6 is 0 Å². The van der Waals surface area contributed by atoms with Crippen LogP contribution in [0.4, 0.5) is 0 Å². The van der Waals surface area contributed by atoms with Crippen molar-refractivity contribution in [2.75, 3.05) is 26.3 Å². The summed E-state index contributed by atoms with van der Waals surface area (Å²) in [4.78, 5) is 11.3. The predicted octanol–water partition coefficient (Wildman–Crippen LogP) is 0.519. The largest absolute Gasteiger partial charge is 0.378 e. The first kappa shape index (κ1) is 16.7. The summed E-state index contributed by atoms with van der Waals surface area (Å²) in [5.41, 5.74) is 0.739. The van der Waals surface area contributed by atoms with Gasteiger partial charge in [-0.3, -0.25) is 4.79 Å². The molecule has 1 N–H and O–H groups in total. The highest BCUT2D eigenvalue weighted by molar-refractivity contribution is 7.88. The monoisotopic (exact) mass is 324 g/mol. The number of rotatable bonds is 6. The van der Waals surface area contributed by atoms with Crippen LogP contribution in [0.15, 0.2) is 43.0 Å². The Morgan fingerprint density at radius 2 is 2.14 bits per heavy atom. The van der Waals surface area contributed by atoms with Gasteiger partial charge in [-0.1, -0.05) is 36.9 Å². The van der Waals surface area contributed by atoms with Crippen LogP contribution in [0.25, 0.3) is 0 Å². The fourth-order valence-electron chi connectivity index (χ4n) is 2.32. The summed E-state index contributed by atoms with van der Waals surface area (Å²) in [6.45, 7) is 4.51. The zero-order valence-electron chi connectivity index (χ0n) is 12.3. The average molecular weight is 324 g/mol.